The third-order valence-electron chi connectivity index (χ3n) is 7.34. The first-order valence-corrected chi connectivity index (χ1v) is 15.3. The Hall–Kier alpha value is -2.83. The van der Waals surface area contributed by atoms with Gasteiger partial charge in [-0.3, -0.25) is 4.79 Å². The Morgan fingerprint density at radius 3 is 2.40 bits per heavy atom. The van der Waals surface area contributed by atoms with Crippen molar-refractivity contribution in [2.75, 3.05) is 68.7 Å². The number of rotatable bonds is 7. The zero-order valence-electron chi connectivity index (χ0n) is 23.0. The normalized spacial score (nSPS) is 18.1. The van der Waals surface area contributed by atoms with Gasteiger partial charge in [0.1, 0.15) is 12.2 Å². The molecule has 9 nitrogen and oxygen atoms in total. The molecule has 0 aliphatic carbocycles. The lowest BCUT2D eigenvalue weighted by Crippen LogP contribution is -2.44. The van der Waals surface area contributed by atoms with Crippen molar-refractivity contribution >= 4 is 41.7 Å². The summed E-state index contributed by atoms with van der Waals surface area (Å²) < 4.78 is 10.6. The molecule has 2 fully saturated rings. The lowest BCUT2D eigenvalue weighted by molar-refractivity contribution is 0.0988. The van der Waals surface area contributed by atoms with Crippen LogP contribution in [0.2, 0.25) is 0 Å². The molecular weight excluding hydrogens is 543 g/mol. The van der Waals surface area contributed by atoms with E-state index in [2.05, 4.69) is 47.0 Å². The second-order valence-corrected chi connectivity index (χ2v) is 12.3. The molecule has 11 heteroatoms. The number of benzene rings is 2. The Morgan fingerprint density at radius 1 is 0.875 bits per heavy atom. The van der Waals surface area contributed by atoms with Crippen LogP contribution in [0.15, 0.2) is 53.4 Å². The van der Waals surface area contributed by atoms with E-state index in [4.69, 9.17) is 4.18 Å². The molecule has 3 aromatic rings. The predicted octanol–water partition coefficient (Wildman–Crippen LogP) is 3.97. The maximum Gasteiger partial charge on any atom is 0.262 e. The molecule has 0 saturated carbocycles. The Kier molecular flexibility index (Phi) is 8.45. The van der Waals surface area contributed by atoms with Crippen molar-refractivity contribution in [2.24, 2.45) is 0 Å². The van der Waals surface area contributed by atoms with Gasteiger partial charge in [-0.1, -0.05) is 12.1 Å². The van der Waals surface area contributed by atoms with Gasteiger partial charge in [0, 0.05) is 80.9 Å². The van der Waals surface area contributed by atoms with Crippen LogP contribution in [0.3, 0.4) is 0 Å². The molecule has 1 aromatic heterocycles. The van der Waals surface area contributed by atoms with Crippen molar-refractivity contribution in [3.63, 3.8) is 0 Å². The lowest BCUT2D eigenvalue weighted by atomic mass is 10.1. The van der Waals surface area contributed by atoms with Crippen molar-refractivity contribution in [3.05, 3.63) is 71.0 Å². The van der Waals surface area contributed by atoms with E-state index in [1.54, 1.807) is 11.9 Å². The molecule has 3 aliphatic heterocycles. The number of amides is 1. The fourth-order valence-corrected chi connectivity index (χ4v) is 6.93. The van der Waals surface area contributed by atoms with Gasteiger partial charge in [0.25, 0.3) is 5.91 Å². The number of piperazine rings is 2. The highest BCUT2D eigenvalue weighted by molar-refractivity contribution is 7.97. The summed E-state index contributed by atoms with van der Waals surface area (Å²) in [7, 11) is 0. The first-order valence-electron chi connectivity index (χ1n) is 13.9. The molecule has 0 atom stereocenters. The van der Waals surface area contributed by atoms with Crippen LogP contribution in [-0.4, -0.2) is 83.4 Å². The van der Waals surface area contributed by atoms with Crippen LogP contribution in [0.5, 0.6) is 5.75 Å². The number of hydrogen-bond acceptors (Lipinski definition) is 10. The maximum atomic E-state index is 13.7. The smallest absolute Gasteiger partial charge is 0.262 e. The van der Waals surface area contributed by atoms with Crippen LogP contribution in [0.1, 0.15) is 27.3 Å². The average Bonchev–Trinajstić information content (AvgIpc) is 3.40. The summed E-state index contributed by atoms with van der Waals surface area (Å²) in [5.41, 5.74) is 4.83. The summed E-state index contributed by atoms with van der Waals surface area (Å²) in [4.78, 5) is 28.3. The Morgan fingerprint density at radius 2 is 1.62 bits per heavy atom. The number of aromatic nitrogens is 2. The Labute approximate surface area is 244 Å². The van der Waals surface area contributed by atoms with Crippen molar-refractivity contribution in [1.82, 2.24) is 23.9 Å². The summed E-state index contributed by atoms with van der Waals surface area (Å²) in [6.45, 7) is 12.1. The molecule has 3 aliphatic rings. The standard InChI is InChI=1S/C29H35N7O2S2/c1-21-19-22(2)32-29(31-21)33-15-17-34(18-16-33)39-24-7-8-26-23(20-24)9-12-36(26)28(37)25-5-3-4-6-27(25)38-40-35-13-10-30-11-14-35/h3-8,19-20,30H,9-18H2,1-2H3. The SMILES string of the molecule is Cc1cc(C)nc(N2CCN(Sc3ccc4c(c3)CCN4C(=O)c3ccccc3OSN3CCNCC3)CC2)n1. The number of carbonyl (C=O) groups is 1. The molecule has 0 spiro atoms. The third kappa shape index (κ3) is 6.23. The molecule has 6 rings (SSSR count). The molecule has 0 unspecified atom stereocenters. The summed E-state index contributed by atoms with van der Waals surface area (Å²) in [6.07, 6.45) is 0.853. The van der Waals surface area contributed by atoms with Gasteiger partial charge in [-0.25, -0.2) is 18.6 Å². The largest absolute Gasteiger partial charge is 0.409 e. The maximum absolute atomic E-state index is 13.7. The number of para-hydroxylation sites is 1. The monoisotopic (exact) mass is 577 g/mol. The van der Waals surface area contributed by atoms with Gasteiger partial charge in [0.2, 0.25) is 5.95 Å². The van der Waals surface area contributed by atoms with Gasteiger partial charge in [-0.2, -0.15) is 0 Å². The fraction of sp³-hybridized carbons (Fsp3) is 0.414. The van der Waals surface area contributed by atoms with Crippen LogP contribution < -0.4 is 19.3 Å². The van der Waals surface area contributed by atoms with Crippen LogP contribution in [-0.2, 0) is 6.42 Å². The molecule has 0 bridgehead atoms. The second kappa shape index (κ2) is 12.4. The van der Waals surface area contributed by atoms with Crippen molar-refractivity contribution in [3.8, 4) is 5.75 Å². The zero-order valence-corrected chi connectivity index (χ0v) is 24.6. The predicted molar refractivity (Wildman–Crippen MR) is 162 cm³/mol. The van der Waals surface area contributed by atoms with Gasteiger partial charge < -0.3 is 19.3 Å². The summed E-state index contributed by atoms with van der Waals surface area (Å²) in [5, 5.41) is 3.34. The highest BCUT2D eigenvalue weighted by Crippen LogP contribution is 2.36. The summed E-state index contributed by atoms with van der Waals surface area (Å²) in [5.74, 6) is 1.43. The summed E-state index contributed by atoms with van der Waals surface area (Å²) >= 11 is 3.13. The van der Waals surface area contributed by atoms with Crippen LogP contribution in [0, 0.1) is 13.8 Å². The van der Waals surface area contributed by atoms with Crippen molar-refractivity contribution in [2.45, 2.75) is 25.2 Å². The highest BCUT2D eigenvalue weighted by atomic mass is 32.2. The quantitative estimate of drug-likeness (QED) is 0.329. The van der Waals surface area contributed by atoms with E-state index in [0.29, 0.717) is 17.9 Å². The Bertz CT molecular complexity index is 1340. The zero-order chi connectivity index (χ0) is 27.5. The van der Waals surface area contributed by atoms with E-state index in [9.17, 15) is 4.79 Å². The number of carbonyl (C=O) groups excluding carboxylic acids is 1. The molecule has 210 valence electrons. The molecular formula is C29H35N7O2S2. The van der Waals surface area contributed by atoms with E-state index < -0.39 is 0 Å². The van der Waals surface area contributed by atoms with Crippen LogP contribution in [0.25, 0.3) is 0 Å². The minimum atomic E-state index is -0.0135. The van der Waals surface area contributed by atoms with Gasteiger partial charge >= 0.3 is 0 Å². The van der Waals surface area contributed by atoms with Crippen molar-refractivity contribution < 1.29 is 8.98 Å². The van der Waals surface area contributed by atoms with Gasteiger partial charge in [-0.05, 0) is 74.2 Å². The topological polar surface area (TPSA) is 77.1 Å². The first kappa shape index (κ1) is 27.3. The Balaban J connectivity index is 1.08. The van der Waals surface area contributed by atoms with Gasteiger partial charge in [0.05, 0.1) is 5.56 Å². The number of anilines is 2. The molecule has 1 amide bonds. The first-order chi connectivity index (χ1) is 19.5. The van der Waals surface area contributed by atoms with Gasteiger partial charge in [0.15, 0.2) is 5.75 Å². The molecule has 4 heterocycles. The molecule has 0 radical (unpaired) electrons. The second-order valence-electron chi connectivity index (χ2n) is 10.3. The fourth-order valence-electron chi connectivity index (χ4n) is 5.30. The third-order valence-corrected chi connectivity index (χ3v) is 9.26. The number of hydrogen-bond donors (Lipinski definition) is 1. The number of nitrogens with zero attached hydrogens (tertiary/aromatic N) is 6. The average molecular weight is 578 g/mol. The lowest BCUT2D eigenvalue weighted by Gasteiger charge is -2.34. The minimum Gasteiger partial charge on any atom is -0.409 e. The van der Waals surface area contributed by atoms with E-state index >= 15 is 0 Å². The number of fused-ring (bicyclic) bond motifs is 1. The molecule has 40 heavy (non-hydrogen) atoms. The highest BCUT2D eigenvalue weighted by Gasteiger charge is 2.29. The number of aryl methyl sites for hydroxylation is 2. The van der Waals surface area contributed by atoms with Crippen LogP contribution in [0.4, 0.5) is 11.6 Å². The van der Waals surface area contributed by atoms with E-state index in [0.717, 1.165) is 81.8 Å². The molecule has 2 aromatic carbocycles. The van der Waals surface area contributed by atoms with E-state index in [-0.39, 0.29) is 5.91 Å². The molecule has 1 N–H and O–H groups in total. The van der Waals surface area contributed by atoms with E-state index in [1.807, 2.05) is 49.1 Å². The molecule has 2 saturated heterocycles. The van der Waals surface area contributed by atoms with Gasteiger partial charge in [-0.15, -0.1) is 0 Å². The van der Waals surface area contributed by atoms with E-state index in [1.165, 1.54) is 22.7 Å². The van der Waals surface area contributed by atoms with Crippen LogP contribution >= 0.6 is 24.2 Å². The number of nitrogens with one attached hydrogen (secondary N) is 1. The summed E-state index contributed by atoms with van der Waals surface area (Å²) in [6, 6.07) is 16.1. The van der Waals surface area contributed by atoms with Crippen molar-refractivity contribution in [1.29, 1.82) is 0 Å². The minimum absolute atomic E-state index is 0.0135.